The number of nitrogens with zero attached hydrogens (tertiary/aromatic N) is 2. The molecule has 0 radical (unpaired) electrons. The van der Waals surface area contributed by atoms with Crippen LogP contribution in [0, 0.1) is 19.3 Å². The van der Waals surface area contributed by atoms with Gasteiger partial charge in [0.1, 0.15) is 5.75 Å². The van der Waals surface area contributed by atoms with Gasteiger partial charge in [-0.05, 0) is 73.6 Å². The van der Waals surface area contributed by atoms with Gasteiger partial charge in [-0.25, -0.2) is 9.97 Å². The number of ether oxygens (including phenoxy) is 1. The van der Waals surface area contributed by atoms with Crippen LogP contribution in [0.5, 0.6) is 5.75 Å². The molecule has 0 spiro atoms. The number of aromatic nitrogens is 2. The van der Waals surface area contributed by atoms with E-state index in [1.807, 2.05) is 0 Å². The number of carbonyl (C=O) groups is 1. The van der Waals surface area contributed by atoms with Gasteiger partial charge < -0.3 is 10.1 Å². The van der Waals surface area contributed by atoms with E-state index in [1.165, 1.54) is 11.1 Å². The monoisotopic (exact) mass is 449 g/mol. The Hall–Kier alpha value is -2.66. The molecule has 0 saturated heterocycles. The second-order valence-corrected chi connectivity index (χ2v) is 10.4. The number of anilines is 1. The summed E-state index contributed by atoms with van der Waals surface area (Å²) in [6, 6.07) is 9.41. The Balaban J connectivity index is 1.70. The van der Waals surface area contributed by atoms with Crippen LogP contribution in [0.3, 0.4) is 0 Å². The van der Waals surface area contributed by atoms with Crippen molar-refractivity contribution in [1.82, 2.24) is 9.97 Å². The topological polar surface area (TPSA) is 64.1 Å². The van der Waals surface area contributed by atoms with Crippen LogP contribution in [-0.2, 0) is 15.6 Å². The van der Waals surface area contributed by atoms with Gasteiger partial charge in [0.25, 0.3) is 0 Å². The summed E-state index contributed by atoms with van der Waals surface area (Å²) in [5.74, 6) is 0.495. The minimum atomic E-state index is -0.787. The van der Waals surface area contributed by atoms with E-state index in [9.17, 15) is 4.79 Å². The number of aryl methyl sites for hydroxylation is 2. The highest BCUT2D eigenvalue weighted by Gasteiger charge is 2.73. The second-order valence-electron chi connectivity index (χ2n) is 10.0. The third-order valence-corrected chi connectivity index (χ3v) is 8.69. The molecule has 1 heterocycles. The normalized spacial score (nSPS) is 25.1. The van der Waals surface area contributed by atoms with E-state index in [-0.39, 0.29) is 16.7 Å². The molecule has 2 bridgehead atoms. The van der Waals surface area contributed by atoms with E-state index in [0.29, 0.717) is 16.5 Å². The van der Waals surface area contributed by atoms with Crippen molar-refractivity contribution in [2.24, 2.45) is 5.41 Å². The Morgan fingerprint density at radius 2 is 1.62 bits per heavy atom. The van der Waals surface area contributed by atoms with Crippen molar-refractivity contribution in [1.29, 1.82) is 0 Å². The van der Waals surface area contributed by atoms with E-state index < -0.39 is 5.41 Å². The van der Waals surface area contributed by atoms with Crippen molar-refractivity contribution in [3.63, 3.8) is 0 Å². The van der Waals surface area contributed by atoms with Gasteiger partial charge in [0.2, 0.25) is 5.91 Å². The predicted octanol–water partition coefficient (Wildman–Crippen LogP) is 5.88. The van der Waals surface area contributed by atoms with Gasteiger partial charge in [-0.3, -0.25) is 4.79 Å². The summed E-state index contributed by atoms with van der Waals surface area (Å²) in [4.78, 5) is 24.3. The molecular weight excluding hydrogens is 422 g/mol. The minimum absolute atomic E-state index is 0.0805. The van der Waals surface area contributed by atoms with Gasteiger partial charge in [0.05, 0.1) is 40.6 Å². The molecular formula is C26H28ClN3O2. The third-order valence-electron chi connectivity index (χ3n) is 8.45. The quantitative estimate of drug-likeness (QED) is 0.542. The van der Waals surface area contributed by atoms with Crippen LogP contribution < -0.4 is 10.1 Å². The van der Waals surface area contributed by atoms with Crippen LogP contribution in [0.4, 0.5) is 5.69 Å². The Labute approximate surface area is 193 Å². The second kappa shape index (κ2) is 6.67. The van der Waals surface area contributed by atoms with Crippen molar-refractivity contribution >= 4 is 34.2 Å². The van der Waals surface area contributed by atoms with Crippen LogP contribution in [0.1, 0.15) is 56.1 Å². The lowest BCUT2D eigenvalue weighted by Gasteiger charge is -2.39. The first-order valence-corrected chi connectivity index (χ1v) is 11.4. The number of hydrogen-bond donors (Lipinski definition) is 1. The molecule has 1 amide bonds. The molecule has 1 N–H and O–H groups in total. The van der Waals surface area contributed by atoms with Crippen LogP contribution in [0.15, 0.2) is 30.3 Å². The van der Waals surface area contributed by atoms with Crippen LogP contribution >= 0.6 is 11.6 Å². The van der Waals surface area contributed by atoms with E-state index in [0.717, 1.165) is 35.3 Å². The van der Waals surface area contributed by atoms with Crippen LogP contribution in [0.25, 0.3) is 11.0 Å². The molecule has 3 aromatic rings. The van der Waals surface area contributed by atoms with Crippen molar-refractivity contribution in [3.05, 3.63) is 57.9 Å². The lowest BCUT2D eigenvalue weighted by atomic mass is 9.63. The zero-order valence-corrected chi connectivity index (χ0v) is 20.1. The number of rotatable bonds is 3. The fourth-order valence-corrected chi connectivity index (χ4v) is 6.04. The Morgan fingerprint density at radius 3 is 2.25 bits per heavy atom. The molecule has 1 fully saturated rings. The van der Waals surface area contributed by atoms with Crippen LogP contribution in [0.2, 0.25) is 5.02 Å². The number of fused-ring (bicyclic) bond motifs is 6. The largest absolute Gasteiger partial charge is 0.495 e. The summed E-state index contributed by atoms with van der Waals surface area (Å²) < 4.78 is 5.46. The summed E-state index contributed by atoms with van der Waals surface area (Å²) in [6.07, 6.45) is 1.61. The molecule has 1 aromatic heterocycles. The van der Waals surface area contributed by atoms with Crippen molar-refractivity contribution in [3.8, 4) is 5.75 Å². The van der Waals surface area contributed by atoms with E-state index in [4.69, 9.17) is 26.3 Å². The molecule has 2 aliphatic rings. The summed E-state index contributed by atoms with van der Waals surface area (Å²) in [5.41, 5.74) is 5.04. The summed E-state index contributed by atoms with van der Waals surface area (Å²) in [5, 5.41) is 3.67. The number of hydrogen-bond acceptors (Lipinski definition) is 4. The highest BCUT2D eigenvalue weighted by molar-refractivity contribution is 6.31. The fraction of sp³-hybridized carbons (Fsp3) is 0.423. The molecule has 2 atom stereocenters. The standard InChI is InChI=1S/C26H28ClN3O2/c1-14-11-17-18(12-15(14)2)29-22-21(28-17)25(5)9-10-26(22,24(25,3)4)23(31)30-19-13-16(27)7-8-20(19)32-6/h7-8,11-13H,9-10H2,1-6H3,(H,30,31). The average Bonchev–Trinajstić information content (AvgIpc) is 3.03. The number of benzene rings is 2. The van der Waals surface area contributed by atoms with Crippen molar-refractivity contribution in [2.45, 2.75) is 58.3 Å². The number of halogens is 1. The number of carbonyl (C=O) groups excluding carboxylic acids is 1. The lowest BCUT2D eigenvalue weighted by molar-refractivity contribution is -0.125. The Morgan fingerprint density at radius 1 is 1.00 bits per heavy atom. The van der Waals surface area contributed by atoms with Crippen molar-refractivity contribution < 1.29 is 9.53 Å². The zero-order valence-electron chi connectivity index (χ0n) is 19.4. The smallest absolute Gasteiger partial charge is 0.237 e. The van der Waals surface area contributed by atoms with Gasteiger partial charge in [0.15, 0.2) is 0 Å². The molecule has 2 aliphatic carbocycles. The minimum Gasteiger partial charge on any atom is -0.495 e. The van der Waals surface area contributed by atoms with Gasteiger partial charge >= 0.3 is 0 Å². The number of nitrogens with one attached hydrogen (secondary N) is 1. The maximum Gasteiger partial charge on any atom is 0.237 e. The SMILES string of the molecule is COc1ccc(Cl)cc1NC(=O)C12CCC(C)(c3nc4cc(C)c(C)cc4nc31)C2(C)C. The molecule has 5 rings (SSSR count). The Kier molecular flexibility index (Phi) is 4.42. The molecule has 32 heavy (non-hydrogen) atoms. The maximum atomic E-state index is 14.1. The summed E-state index contributed by atoms with van der Waals surface area (Å²) in [7, 11) is 1.58. The van der Waals surface area contributed by atoms with Crippen molar-refractivity contribution in [2.75, 3.05) is 12.4 Å². The highest BCUT2D eigenvalue weighted by Crippen LogP contribution is 2.70. The van der Waals surface area contributed by atoms with Gasteiger partial charge in [0, 0.05) is 10.4 Å². The molecule has 6 heteroatoms. The van der Waals surface area contributed by atoms with E-state index in [1.54, 1.807) is 25.3 Å². The maximum absolute atomic E-state index is 14.1. The average molecular weight is 450 g/mol. The van der Waals surface area contributed by atoms with Crippen LogP contribution in [-0.4, -0.2) is 23.0 Å². The molecule has 2 unspecified atom stereocenters. The van der Waals surface area contributed by atoms with Gasteiger partial charge in [-0.1, -0.05) is 32.4 Å². The number of amides is 1. The molecule has 2 aromatic carbocycles. The first-order chi connectivity index (χ1) is 15.0. The molecule has 5 nitrogen and oxygen atoms in total. The summed E-state index contributed by atoms with van der Waals surface area (Å²) >= 11 is 6.22. The first-order valence-electron chi connectivity index (χ1n) is 11.0. The van der Waals surface area contributed by atoms with Gasteiger partial charge in [-0.15, -0.1) is 0 Å². The first kappa shape index (κ1) is 21.2. The zero-order chi connectivity index (χ0) is 23.1. The lowest BCUT2D eigenvalue weighted by Crippen LogP contribution is -2.48. The highest BCUT2D eigenvalue weighted by atomic mass is 35.5. The molecule has 0 aliphatic heterocycles. The summed E-state index contributed by atoms with van der Waals surface area (Å²) in [6.45, 7) is 10.8. The predicted molar refractivity (Wildman–Crippen MR) is 128 cm³/mol. The Bertz CT molecular complexity index is 1300. The number of methoxy groups -OCH3 is 1. The fourth-order valence-electron chi connectivity index (χ4n) is 5.87. The third kappa shape index (κ3) is 2.49. The van der Waals surface area contributed by atoms with Gasteiger partial charge in [-0.2, -0.15) is 0 Å². The van der Waals surface area contributed by atoms with E-state index in [2.05, 4.69) is 52.1 Å². The molecule has 1 saturated carbocycles. The molecule has 166 valence electrons. The van der Waals surface area contributed by atoms with E-state index >= 15 is 0 Å².